The van der Waals surface area contributed by atoms with E-state index in [0.29, 0.717) is 42.9 Å². The molecule has 2 aromatic rings. The Morgan fingerprint density at radius 2 is 1.77 bits per heavy atom. The Kier molecular flexibility index (Phi) is 4.64. The van der Waals surface area contributed by atoms with Gasteiger partial charge in [-0.1, -0.05) is 12.1 Å². The predicted octanol–water partition coefficient (Wildman–Crippen LogP) is 2.32. The van der Waals surface area contributed by atoms with Gasteiger partial charge in [0.25, 0.3) is 5.91 Å². The number of para-hydroxylation sites is 1. The van der Waals surface area contributed by atoms with Crippen LogP contribution in [-0.4, -0.2) is 48.0 Å². The topological polar surface area (TPSA) is 79.0 Å². The smallest absolute Gasteiger partial charge is 0.258 e. The maximum atomic E-state index is 13.2. The fourth-order valence-corrected chi connectivity index (χ4v) is 4.57. The van der Waals surface area contributed by atoms with E-state index in [1.165, 1.54) is 17.0 Å². The van der Waals surface area contributed by atoms with Crippen LogP contribution in [-0.2, 0) is 9.59 Å². The minimum atomic E-state index is -0.812. The molecule has 0 aliphatic carbocycles. The third kappa shape index (κ3) is 3.52. The molecule has 1 spiro atoms. The Morgan fingerprint density at radius 3 is 2.52 bits per heavy atom. The lowest BCUT2D eigenvalue weighted by molar-refractivity contribution is -0.139. The summed E-state index contributed by atoms with van der Waals surface area (Å²) < 4.78 is 19.3. The number of ether oxygens (including phenoxy) is 1. The number of anilines is 1. The van der Waals surface area contributed by atoms with E-state index in [4.69, 9.17) is 4.74 Å². The van der Waals surface area contributed by atoms with Crippen LogP contribution in [0, 0.1) is 11.7 Å². The lowest BCUT2D eigenvalue weighted by atomic mass is 9.95. The first-order valence-electron chi connectivity index (χ1n) is 10.4. The van der Waals surface area contributed by atoms with E-state index in [-0.39, 0.29) is 36.5 Å². The molecule has 0 aromatic heterocycles. The number of amides is 3. The van der Waals surface area contributed by atoms with Crippen molar-refractivity contribution in [3.05, 3.63) is 59.9 Å². The molecule has 3 aliphatic heterocycles. The average Bonchev–Trinajstić information content (AvgIpc) is 3.16. The van der Waals surface area contributed by atoms with Gasteiger partial charge in [-0.05, 0) is 36.4 Å². The summed E-state index contributed by atoms with van der Waals surface area (Å²) >= 11 is 0. The van der Waals surface area contributed by atoms with Crippen molar-refractivity contribution in [2.45, 2.75) is 25.0 Å². The minimum absolute atomic E-state index is 0.0738. The monoisotopic (exact) mass is 423 g/mol. The minimum Gasteiger partial charge on any atom is -0.467 e. The van der Waals surface area contributed by atoms with Crippen molar-refractivity contribution < 1.29 is 23.5 Å². The molecular weight excluding hydrogens is 401 g/mol. The largest absolute Gasteiger partial charge is 0.467 e. The summed E-state index contributed by atoms with van der Waals surface area (Å²) in [5.74, 6) is -0.632. The highest BCUT2D eigenvalue weighted by molar-refractivity contribution is 6.00. The van der Waals surface area contributed by atoms with E-state index >= 15 is 0 Å². The number of carbonyl (C=O) groups excluding carboxylic acids is 3. The molecule has 3 amide bonds. The van der Waals surface area contributed by atoms with Gasteiger partial charge in [0.2, 0.25) is 11.8 Å². The summed E-state index contributed by atoms with van der Waals surface area (Å²) in [7, 11) is 0. The second-order valence-electron chi connectivity index (χ2n) is 8.25. The fourth-order valence-electron chi connectivity index (χ4n) is 4.57. The Hall–Kier alpha value is -3.42. The second-order valence-corrected chi connectivity index (χ2v) is 8.25. The van der Waals surface area contributed by atoms with Gasteiger partial charge in [-0.15, -0.1) is 0 Å². The number of piperidine rings is 1. The van der Waals surface area contributed by atoms with Crippen molar-refractivity contribution in [3.63, 3.8) is 0 Å². The summed E-state index contributed by atoms with van der Waals surface area (Å²) in [6.45, 7) is 1.15. The van der Waals surface area contributed by atoms with Gasteiger partial charge >= 0.3 is 0 Å². The predicted molar refractivity (Wildman–Crippen MR) is 110 cm³/mol. The number of nitrogens with zero attached hydrogens (tertiary/aromatic N) is 2. The first-order chi connectivity index (χ1) is 14.9. The van der Waals surface area contributed by atoms with Gasteiger partial charge in [-0.2, -0.15) is 0 Å². The number of rotatable bonds is 2. The van der Waals surface area contributed by atoms with Gasteiger partial charge in [0.05, 0.1) is 11.5 Å². The summed E-state index contributed by atoms with van der Waals surface area (Å²) in [5.41, 5.74) is 0.293. The summed E-state index contributed by atoms with van der Waals surface area (Å²) in [4.78, 5) is 41.3. The Bertz CT molecular complexity index is 1050. The number of fused-ring (bicyclic) bond motifs is 1. The molecule has 2 saturated heterocycles. The van der Waals surface area contributed by atoms with Gasteiger partial charge in [-0.25, -0.2) is 4.39 Å². The standard InChI is InChI=1S/C23H22FN3O4/c24-16-5-7-17(8-6-16)27-14-15(13-20(27)28)22(30)26-11-9-23(10-12-26)25-21(29)18-3-1-2-4-19(18)31-23/h1-8,15H,9-14H2,(H,25,29)/t15-/m1/s1. The van der Waals surface area contributed by atoms with Crippen LogP contribution in [0.4, 0.5) is 10.1 Å². The maximum absolute atomic E-state index is 13.2. The van der Waals surface area contributed by atoms with Gasteiger partial charge in [0, 0.05) is 44.6 Å². The summed E-state index contributed by atoms with van der Waals surface area (Å²) in [5, 5.41) is 2.97. The maximum Gasteiger partial charge on any atom is 0.258 e. The number of benzene rings is 2. The molecule has 1 N–H and O–H groups in total. The zero-order valence-electron chi connectivity index (χ0n) is 16.8. The molecule has 160 valence electrons. The van der Waals surface area contributed by atoms with Crippen LogP contribution in [0.15, 0.2) is 48.5 Å². The van der Waals surface area contributed by atoms with Crippen molar-refractivity contribution in [3.8, 4) is 5.75 Å². The molecule has 8 heteroatoms. The molecule has 0 unspecified atom stereocenters. The van der Waals surface area contributed by atoms with E-state index in [1.807, 2.05) is 6.07 Å². The van der Waals surface area contributed by atoms with Crippen molar-refractivity contribution in [1.82, 2.24) is 10.2 Å². The number of hydrogen-bond donors (Lipinski definition) is 1. The second kappa shape index (κ2) is 7.37. The van der Waals surface area contributed by atoms with Crippen molar-refractivity contribution >= 4 is 23.4 Å². The highest BCUT2D eigenvalue weighted by Crippen LogP contribution is 2.34. The van der Waals surface area contributed by atoms with Crippen LogP contribution in [0.5, 0.6) is 5.75 Å². The van der Waals surface area contributed by atoms with Crippen LogP contribution in [0.1, 0.15) is 29.6 Å². The SMILES string of the molecule is O=C1NC2(CCN(C(=O)[C@@H]3CC(=O)N(c4ccc(F)cc4)C3)CC2)Oc2ccccc21. The molecule has 0 radical (unpaired) electrons. The first kappa shape index (κ1) is 19.5. The molecule has 5 rings (SSSR count). The van der Waals surface area contributed by atoms with Gasteiger partial charge in [-0.3, -0.25) is 14.4 Å². The molecule has 7 nitrogen and oxygen atoms in total. The number of carbonyl (C=O) groups is 3. The quantitative estimate of drug-likeness (QED) is 0.804. The molecule has 2 aromatic carbocycles. The zero-order chi connectivity index (χ0) is 21.6. The van der Waals surface area contributed by atoms with Gasteiger partial charge in [0.1, 0.15) is 11.6 Å². The third-order valence-corrected chi connectivity index (χ3v) is 6.27. The van der Waals surface area contributed by atoms with Crippen molar-refractivity contribution in [2.75, 3.05) is 24.5 Å². The molecule has 31 heavy (non-hydrogen) atoms. The number of hydrogen-bond acceptors (Lipinski definition) is 4. The zero-order valence-corrected chi connectivity index (χ0v) is 16.8. The summed E-state index contributed by atoms with van der Waals surface area (Å²) in [6, 6.07) is 12.8. The Labute approximate surface area is 178 Å². The van der Waals surface area contributed by atoms with E-state index in [0.717, 1.165) is 0 Å². The van der Waals surface area contributed by atoms with Gasteiger partial charge in [0.15, 0.2) is 5.72 Å². The van der Waals surface area contributed by atoms with Crippen molar-refractivity contribution in [2.24, 2.45) is 5.92 Å². The number of likely N-dealkylation sites (tertiary alicyclic amines) is 1. The van der Waals surface area contributed by atoms with Crippen LogP contribution in [0.2, 0.25) is 0 Å². The van der Waals surface area contributed by atoms with E-state index < -0.39 is 11.6 Å². The number of halogens is 1. The Morgan fingerprint density at radius 1 is 1.06 bits per heavy atom. The van der Waals surface area contributed by atoms with Crippen LogP contribution < -0.4 is 15.0 Å². The molecule has 0 bridgehead atoms. The lowest BCUT2D eigenvalue weighted by Crippen LogP contribution is -2.62. The summed E-state index contributed by atoms with van der Waals surface area (Å²) in [6.07, 6.45) is 1.08. The van der Waals surface area contributed by atoms with E-state index in [1.54, 1.807) is 35.2 Å². The molecule has 0 saturated carbocycles. The molecule has 3 aliphatic rings. The highest BCUT2D eigenvalue weighted by Gasteiger charge is 2.45. The van der Waals surface area contributed by atoms with E-state index in [2.05, 4.69) is 5.32 Å². The van der Waals surface area contributed by atoms with Gasteiger partial charge < -0.3 is 19.9 Å². The van der Waals surface area contributed by atoms with Crippen LogP contribution in [0.3, 0.4) is 0 Å². The highest BCUT2D eigenvalue weighted by atomic mass is 19.1. The molecule has 1 atom stereocenters. The Balaban J connectivity index is 1.23. The third-order valence-electron chi connectivity index (χ3n) is 6.27. The normalized spacial score (nSPS) is 22.2. The van der Waals surface area contributed by atoms with Crippen LogP contribution in [0.25, 0.3) is 0 Å². The number of nitrogens with one attached hydrogen (secondary N) is 1. The average molecular weight is 423 g/mol. The molecule has 2 fully saturated rings. The van der Waals surface area contributed by atoms with E-state index in [9.17, 15) is 18.8 Å². The van der Waals surface area contributed by atoms with Crippen LogP contribution >= 0.6 is 0 Å². The first-order valence-corrected chi connectivity index (χ1v) is 10.4. The molecule has 3 heterocycles. The molecular formula is C23H22FN3O4. The fraction of sp³-hybridized carbons (Fsp3) is 0.348. The lowest BCUT2D eigenvalue weighted by Gasteiger charge is -2.44. The van der Waals surface area contributed by atoms with Crippen molar-refractivity contribution in [1.29, 1.82) is 0 Å².